The number of amides is 1. The van der Waals surface area contributed by atoms with Gasteiger partial charge in [-0.05, 0) is 24.1 Å². The van der Waals surface area contributed by atoms with Crippen LogP contribution in [0.4, 0.5) is 23.3 Å². The largest absolute Gasteiger partial charge is 0.350 e. The summed E-state index contributed by atoms with van der Waals surface area (Å²) in [6, 6.07) is 9.45. The van der Waals surface area contributed by atoms with E-state index in [1.54, 1.807) is 6.07 Å². The first-order valence-electron chi connectivity index (χ1n) is 7.66. The van der Waals surface area contributed by atoms with Crippen molar-refractivity contribution in [1.29, 1.82) is 0 Å². The Kier molecular flexibility index (Phi) is 3.95. The van der Waals surface area contributed by atoms with Gasteiger partial charge in [-0.1, -0.05) is 23.7 Å². The molecule has 4 heterocycles. The molecule has 2 aliphatic rings. The summed E-state index contributed by atoms with van der Waals surface area (Å²) in [4.78, 5) is 20.7. The lowest BCUT2D eigenvalue weighted by Gasteiger charge is -2.10. The normalized spacial score (nSPS) is 13.7. The van der Waals surface area contributed by atoms with Crippen molar-refractivity contribution < 1.29 is 4.79 Å². The van der Waals surface area contributed by atoms with E-state index in [2.05, 4.69) is 36.1 Å². The summed E-state index contributed by atoms with van der Waals surface area (Å²) in [5.41, 5.74) is 2.33. The molecule has 0 aliphatic carbocycles. The molecular formula is C16H14ClN7O. The second-order valence-electron chi connectivity index (χ2n) is 5.51. The van der Waals surface area contributed by atoms with Crippen molar-refractivity contribution >= 4 is 40.8 Å². The molecule has 0 saturated carbocycles. The van der Waals surface area contributed by atoms with Gasteiger partial charge in [0.05, 0.1) is 6.20 Å². The molecule has 2 aliphatic heterocycles. The van der Waals surface area contributed by atoms with Crippen LogP contribution in [0.5, 0.6) is 0 Å². The van der Waals surface area contributed by atoms with Crippen LogP contribution in [0, 0.1) is 0 Å². The predicted molar refractivity (Wildman–Crippen MR) is 94.7 cm³/mol. The molecule has 0 unspecified atom stereocenters. The molecule has 126 valence electrons. The van der Waals surface area contributed by atoms with Crippen LogP contribution in [-0.4, -0.2) is 32.6 Å². The van der Waals surface area contributed by atoms with Gasteiger partial charge in [0, 0.05) is 18.3 Å². The molecule has 6 bridgehead atoms. The van der Waals surface area contributed by atoms with Gasteiger partial charge < -0.3 is 16.0 Å². The van der Waals surface area contributed by atoms with Crippen molar-refractivity contribution in [2.45, 2.75) is 6.42 Å². The molecule has 0 fully saturated rings. The smallest absolute Gasteiger partial charge is 0.269 e. The number of carbonyl (C=O) groups excluding carboxylic acids is 1. The minimum Gasteiger partial charge on any atom is -0.350 e. The maximum atomic E-state index is 12.2. The molecule has 4 N–H and O–H groups in total. The number of rotatable bonds is 0. The van der Waals surface area contributed by atoms with Crippen molar-refractivity contribution in [3.05, 3.63) is 52.8 Å². The van der Waals surface area contributed by atoms with Gasteiger partial charge in [-0.3, -0.25) is 9.89 Å². The summed E-state index contributed by atoms with van der Waals surface area (Å²) in [5.74, 6) is 1.01. The van der Waals surface area contributed by atoms with E-state index in [0.29, 0.717) is 34.8 Å². The quantitative estimate of drug-likeness (QED) is 0.494. The Morgan fingerprint density at radius 3 is 2.80 bits per heavy atom. The molecular weight excluding hydrogens is 342 g/mol. The number of benzene rings is 1. The molecule has 0 atom stereocenters. The van der Waals surface area contributed by atoms with Crippen molar-refractivity contribution in [1.82, 2.24) is 25.5 Å². The highest BCUT2D eigenvalue weighted by Gasteiger charge is 2.13. The number of fused-ring (bicyclic) bond motifs is 5. The van der Waals surface area contributed by atoms with Crippen molar-refractivity contribution in [2.24, 2.45) is 0 Å². The van der Waals surface area contributed by atoms with Gasteiger partial charge in [-0.15, -0.1) is 0 Å². The molecule has 1 aromatic carbocycles. The fourth-order valence-electron chi connectivity index (χ4n) is 2.44. The van der Waals surface area contributed by atoms with E-state index in [-0.39, 0.29) is 5.91 Å². The van der Waals surface area contributed by atoms with Gasteiger partial charge in [0.15, 0.2) is 11.6 Å². The lowest BCUT2D eigenvalue weighted by atomic mass is 10.1. The number of carbonyl (C=O) groups is 1. The molecule has 1 amide bonds. The van der Waals surface area contributed by atoms with Crippen LogP contribution < -0.4 is 16.0 Å². The Hall–Kier alpha value is -3.13. The Morgan fingerprint density at radius 1 is 1.12 bits per heavy atom. The van der Waals surface area contributed by atoms with Crippen LogP contribution in [0.25, 0.3) is 0 Å². The summed E-state index contributed by atoms with van der Waals surface area (Å²) >= 11 is 6.14. The molecule has 9 heteroatoms. The van der Waals surface area contributed by atoms with E-state index < -0.39 is 0 Å². The summed E-state index contributed by atoms with van der Waals surface area (Å²) in [6.07, 6.45) is 2.23. The second kappa shape index (κ2) is 6.40. The SMILES string of the molecule is O=C1NCCc2ccc(cc2)Nc2ncc(Cl)c(n2)Nc2cc1[nH]n2. The number of anilines is 4. The van der Waals surface area contributed by atoms with Crippen LogP contribution in [0.2, 0.25) is 5.02 Å². The highest BCUT2D eigenvalue weighted by atomic mass is 35.5. The number of hydrogen-bond donors (Lipinski definition) is 4. The third-order valence-corrected chi connectivity index (χ3v) is 4.00. The van der Waals surface area contributed by atoms with Gasteiger partial charge in [-0.25, -0.2) is 4.98 Å². The lowest BCUT2D eigenvalue weighted by molar-refractivity contribution is 0.0949. The fraction of sp³-hybridized carbons (Fsp3) is 0.125. The van der Waals surface area contributed by atoms with Gasteiger partial charge >= 0.3 is 0 Å². The summed E-state index contributed by atoms with van der Waals surface area (Å²) in [6.45, 7) is 0.529. The number of nitrogens with zero attached hydrogens (tertiary/aromatic N) is 3. The summed E-state index contributed by atoms with van der Waals surface area (Å²) in [5, 5.41) is 16.1. The van der Waals surface area contributed by atoms with Crippen molar-refractivity contribution in [3.63, 3.8) is 0 Å². The second-order valence-corrected chi connectivity index (χ2v) is 5.92. The number of aromatic amines is 1. The Bertz CT molecular complexity index is 922. The summed E-state index contributed by atoms with van der Waals surface area (Å²) in [7, 11) is 0. The molecule has 2 aromatic heterocycles. The van der Waals surface area contributed by atoms with Gasteiger partial charge in [0.1, 0.15) is 10.7 Å². The molecule has 5 rings (SSSR count). The maximum absolute atomic E-state index is 12.2. The Balaban J connectivity index is 1.73. The van der Waals surface area contributed by atoms with E-state index in [9.17, 15) is 4.79 Å². The highest BCUT2D eigenvalue weighted by Crippen LogP contribution is 2.24. The minimum absolute atomic E-state index is 0.222. The molecule has 0 saturated heterocycles. The van der Waals surface area contributed by atoms with E-state index in [1.807, 2.05) is 24.3 Å². The highest BCUT2D eigenvalue weighted by molar-refractivity contribution is 6.32. The van der Waals surface area contributed by atoms with Crippen molar-refractivity contribution in [3.8, 4) is 0 Å². The molecule has 0 radical (unpaired) electrons. The van der Waals surface area contributed by atoms with Crippen molar-refractivity contribution in [2.75, 3.05) is 17.2 Å². The zero-order valence-electron chi connectivity index (χ0n) is 13.0. The lowest BCUT2D eigenvalue weighted by Crippen LogP contribution is -2.26. The number of aromatic nitrogens is 4. The number of nitrogens with one attached hydrogen (secondary N) is 4. The van der Waals surface area contributed by atoms with E-state index in [1.165, 1.54) is 6.20 Å². The zero-order chi connectivity index (χ0) is 17.2. The number of halogens is 1. The third kappa shape index (κ3) is 3.38. The molecule has 0 spiro atoms. The predicted octanol–water partition coefficient (Wildman–Crippen LogP) is 2.63. The minimum atomic E-state index is -0.222. The number of hydrogen-bond acceptors (Lipinski definition) is 6. The zero-order valence-corrected chi connectivity index (χ0v) is 13.8. The van der Waals surface area contributed by atoms with E-state index in [4.69, 9.17) is 11.6 Å². The number of H-pyrrole nitrogens is 1. The fourth-order valence-corrected chi connectivity index (χ4v) is 2.58. The molecule has 8 nitrogen and oxygen atoms in total. The van der Waals surface area contributed by atoms with Crippen LogP contribution >= 0.6 is 11.6 Å². The Labute approximate surface area is 148 Å². The van der Waals surface area contributed by atoms with Gasteiger partial charge in [0.2, 0.25) is 5.95 Å². The van der Waals surface area contributed by atoms with E-state index >= 15 is 0 Å². The monoisotopic (exact) mass is 355 g/mol. The first kappa shape index (κ1) is 15.4. The van der Waals surface area contributed by atoms with Crippen LogP contribution in [0.3, 0.4) is 0 Å². The van der Waals surface area contributed by atoms with Gasteiger partial charge in [-0.2, -0.15) is 10.1 Å². The standard InChI is InChI=1S/C16H14ClN7O/c17-11-8-19-16-20-10-3-1-9(2-4-10)5-6-18-15(25)12-7-13(24-23-12)21-14(11)22-16/h1-4,7-8H,5-6H2,(H,18,25)(H3,19,20,21,22,23,24). The molecule has 3 aromatic rings. The average molecular weight is 356 g/mol. The average Bonchev–Trinajstić information content (AvgIpc) is 3.07. The van der Waals surface area contributed by atoms with Crippen LogP contribution in [0.1, 0.15) is 16.1 Å². The van der Waals surface area contributed by atoms with Crippen LogP contribution in [-0.2, 0) is 6.42 Å². The third-order valence-electron chi connectivity index (χ3n) is 3.72. The van der Waals surface area contributed by atoms with E-state index in [0.717, 1.165) is 17.7 Å². The summed E-state index contributed by atoms with van der Waals surface area (Å²) < 4.78 is 0. The maximum Gasteiger partial charge on any atom is 0.269 e. The van der Waals surface area contributed by atoms with Crippen LogP contribution in [0.15, 0.2) is 36.5 Å². The molecule has 25 heavy (non-hydrogen) atoms. The Morgan fingerprint density at radius 2 is 1.96 bits per heavy atom. The topological polar surface area (TPSA) is 108 Å². The van der Waals surface area contributed by atoms with Gasteiger partial charge in [0.25, 0.3) is 5.91 Å². The first-order valence-corrected chi connectivity index (χ1v) is 8.04. The first-order chi connectivity index (χ1) is 12.2.